The predicted molar refractivity (Wildman–Crippen MR) is 74.0 cm³/mol. The first-order valence-corrected chi connectivity index (χ1v) is 7.25. The van der Waals surface area contributed by atoms with Gasteiger partial charge in [-0.3, -0.25) is 0 Å². The lowest BCUT2D eigenvalue weighted by atomic mass is 9.84. The number of aliphatic hydroxyl groups is 1. The highest BCUT2D eigenvalue weighted by Gasteiger charge is 2.39. The van der Waals surface area contributed by atoms with E-state index in [1.165, 1.54) is 0 Å². The molecule has 0 aliphatic carbocycles. The maximum Gasteiger partial charge on any atom is 0.108 e. The van der Waals surface area contributed by atoms with Crippen LogP contribution in [0.15, 0.2) is 15.9 Å². The van der Waals surface area contributed by atoms with Crippen molar-refractivity contribution in [1.82, 2.24) is 4.90 Å². The second-order valence-corrected chi connectivity index (χ2v) is 6.04. The van der Waals surface area contributed by atoms with E-state index in [1.807, 2.05) is 25.5 Å². The summed E-state index contributed by atoms with van der Waals surface area (Å²) in [5.41, 5.74) is -0.173. The zero-order chi connectivity index (χ0) is 12.3. The van der Waals surface area contributed by atoms with Gasteiger partial charge in [0.15, 0.2) is 0 Å². The van der Waals surface area contributed by atoms with Gasteiger partial charge in [-0.1, -0.05) is 13.8 Å². The van der Waals surface area contributed by atoms with Crippen LogP contribution in [0, 0.1) is 0 Å². The summed E-state index contributed by atoms with van der Waals surface area (Å²) in [6, 6.07) is 2.00. The molecule has 1 aromatic rings. The summed E-state index contributed by atoms with van der Waals surface area (Å²) in [6.45, 7) is 4.27. The van der Waals surface area contributed by atoms with Crippen molar-refractivity contribution in [1.29, 1.82) is 0 Å². The lowest BCUT2D eigenvalue weighted by Gasteiger charge is -2.42. The van der Waals surface area contributed by atoms with Crippen molar-refractivity contribution < 1.29 is 5.11 Å². The van der Waals surface area contributed by atoms with Crippen LogP contribution >= 0.6 is 27.3 Å². The molecule has 0 amide bonds. The van der Waals surface area contributed by atoms with Crippen molar-refractivity contribution in [3.05, 3.63) is 20.8 Å². The minimum atomic E-state index is -0.438. The van der Waals surface area contributed by atoms with Gasteiger partial charge in [-0.25, -0.2) is 0 Å². The molecule has 0 saturated heterocycles. The second kappa shape index (κ2) is 5.63. The van der Waals surface area contributed by atoms with Crippen LogP contribution < -0.4 is 0 Å². The van der Waals surface area contributed by atoms with Crippen molar-refractivity contribution in [3.8, 4) is 0 Å². The minimum absolute atomic E-state index is 0.173. The second-order valence-electron chi connectivity index (χ2n) is 4.24. The smallest absolute Gasteiger partial charge is 0.108 e. The maximum absolute atomic E-state index is 10.6. The van der Waals surface area contributed by atoms with E-state index in [2.05, 4.69) is 34.7 Å². The molecule has 0 radical (unpaired) electrons. The molecule has 0 bridgehead atoms. The van der Waals surface area contributed by atoms with E-state index < -0.39 is 6.10 Å². The average Bonchev–Trinajstić information content (AvgIpc) is 2.66. The Morgan fingerprint density at radius 1 is 1.44 bits per heavy atom. The van der Waals surface area contributed by atoms with Gasteiger partial charge in [-0.2, -0.15) is 0 Å². The third kappa shape index (κ3) is 2.35. The molecule has 2 nitrogen and oxygen atoms in total. The largest absolute Gasteiger partial charge is 0.386 e. The third-order valence-electron chi connectivity index (χ3n) is 3.52. The summed E-state index contributed by atoms with van der Waals surface area (Å²) >= 11 is 5.11. The Hall–Kier alpha value is 0.1000. The van der Waals surface area contributed by atoms with Gasteiger partial charge in [0.05, 0.1) is 5.54 Å². The summed E-state index contributed by atoms with van der Waals surface area (Å²) < 4.78 is 1.01. The molecule has 0 spiro atoms. The van der Waals surface area contributed by atoms with Gasteiger partial charge in [0.1, 0.15) is 6.10 Å². The zero-order valence-electron chi connectivity index (χ0n) is 10.3. The van der Waals surface area contributed by atoms with E-state index in [0.29, 0.717) is 0 Å². The number of hydrogen-bond acceptors (Lipinski definition) is 3. The van der Waals surface area contributed by atoms with Crippen LogP contribution in [-0.4, -0.2) is 29.6 Å². The molecule has 0 aliphatic heterocycles. The van der Waals surface area contributed by atoms with Crippen LogP contribution in [-0.2, 0) is 0 Å². The Morgan fingerprint density at radius 2 is 2.00 bits per heavy atom. The highest BCUT2D eigenvalue weighted by atomic mass is 79.9. The third-order valence-corrected chi connectivity index (χ3v) is 5.44. The van der Waals surface area contributed by atoms with Gasteiger partial charge in [-0.15, -0.1) is 11.3 Å². The van der Waals surface area contributed by atoms with Gasteiger partial charge in [-0.05, 0) is 54.3 Å². The van der Waals surface area contributed by atoms with E-state index in [-0.39, 0.29) is 5.54 Å². The van der Waals surface area contributed by atoms with Gasteiger partial charge in [0, 0.05) is 9.35 Å². The Balaban J connectivity index is 3.09. The van der Waals surface area contributed by atoms with Gasteiger partial charge in [0.2, 0.25) is 0 Å². The lowest BCUT2D eigenvalue weighted by Crippen LogP contribution is -2.48. The van der Waals surface area contributed by atoms with E-state index in [1.54, 1.807) is 11.3 Å². The molecule has 0 saturated carbocycles. The van der Waals surface area contributed by atoms with Crippen LogP contribution in [0.2, 0.25) is 0 Å². The molecule has 0 fully saturated rings. The molecule has 1 rings (SSSR count). The molecular formula is C12H20BrNOS. The molecular weight excluding hydrogens is 286 g/mol. The number of rotatable bonds is 5. The first-order valence-electron chi connectivity index (χ1n) is 5.58. The van der Waals surface area contributed by atoms with Crippen molar-refractivity contribution in [2.24, 2.45) is 0 Å². The maximum atomic E-state index is 10.6. The van der Waals surface area contributed by atoms with Crippen LogP contribution in [0.3, 0.4) is 0 Å². The van der Waals surface area contributed by atoms with Crippen molar-refractivity contribution in [2.45, 2.75) is 38.3 Å². The van der Waals surface area contributed by atoms with Crippen LogP contribution in [0.25, 0.3) is 0 Å². The predicted octanol–water partition coefficient (Wildman–Crippen LogP) is 3.66. The quantitative estimate of drug-likeness (QED) is 0.897. The number of likely N-dealkylation sites (N-methyl/N-ethyl adjacent to an activating group) is 1. The summed E-state index contributed by atoms with van der Waals surface area (Å²) in [6.07, 6.45) is 1.43. The van der Waals surface area contributed by atoms with E-state index >= 15 is 0 Å². The fraction of sp³-hybridized carbons (Fsp3) is 0.667. The fourth-order valence-electron chi connectivity index (χ4n) is 2.26. The summed E-state index contributed by atoms with van der Waals surface area (Å²) in [4.78, 5) is 3.17. The van der Waals surface area contributed by atoms with Crippen molar-refractivity contribution in [2.75, 3.05) is 14.1 Å². The summed E-state index contributed by atoms with van der Waals surface area (Å²) in [5.74, 6) is 0. The van der Waals surface area contributed by atoms with Gasteiger partial charge < -0.3 is 10.0 Å². The van der Waals surface area contributed by atoms with Crippen molar-refractivity contribution >= 4 is 27.3 Å². The van der Waals surface area contributed by atoms with E-state index in [0.717, 1.165) is 22.2 Å². The van der Waals surface area contributed by atoms with Crippen LogP contribution in [0.5, 0.6) is 0 Å². The molecule has 0 aromatic carbocycles. The van der Waals surface area contributed by atoms with E-state index in [4.69, 9.17) is 0 Å². The van der Waals surface area contributed by atoms with Crippen molar-refractivity contribution in [3.63, 3.8) is 0 Å². The van der Waals surface area contributed by atoms with Gasteiger partial charge >= 0.3 is 0 Å². The summed E-state index contributed by atoms with van der Waals surface area (Å²) in [5, 5.41) is 12.6. The van der Waals surface area contributed by atoms with Crippen LogP contribution in [0.4, 0.5) is 0 Å². The number of hydrogen-bond donors (Lipinski definition) is 1. The Bertz CT molecular complexity index is 334. The SMILES string of the molecule is CCC(CC)(C(O)c1sccc1Br)N(C)C. The number of aliphatic hydroxyl groups excluding tert-OH is 1. The van der Waals surface area contributed by atoms with Gasteiger partial charge in [0.25, 0.3) is 0 Å². The summed E-state index contributed by atoms with van der Waals surface area (Å²) in [7, 11) is 4.08. The molecule has 1 N–H and O–H groups in total. The zero-order valence-corrected chi connectivity index (χ0v) is 12.7. The number of nitrogens with zero attached hydrogens (tertiary/aromatic N) is 1. The Morgan fingerprint density at radius 3 is 2.31 bits per heavy atom. The highest BCUT2D eigenvalue weighted by Crippen LogP contribution is 2.40. The van der Waals surface area contributed by atoms with E-state index in [9.17, 15) is 5.11 Å². The monoisotopic (exact) mass is 305 g/mol. The topological polar surface area (TPSA) is 23.5 Å². The molecule has 1 heterocycles. The minimum Gasteiger partial charge on any atom is -0.386 e. The molecule has 0 aliphatic rings. The molecule has 1 unspecified atom stereocenters. The standard InChI is InChI=1S/C12H20BrNOS/c1-5-12(6-2,14(3)4)11(15)10-9(13)7-8-16-10/h7-8,11,15H,5-6H2,1-4H3. The Kier molecular flexibility index (Phi) is 4.98. The number of halogens is 1. The molecule has 1 atom stereocenters. The number of thiophene rings is 1. The normalized spacial score (nSPS) is 14.4. The first kappa shape index (κ1) is 14.2. The highest BCUT2D eigenvalue weighted by molar-refractivity contribution is 9.10. The fourth-order valence-corrected chi connectivity index (χ4v) is 3.94. The molecule has 1 aromatic heterocycles. The average molecular weight is 306 g/mol. The van der Waals surface area contributed by atoms with Crippen LogP contribution in [0.1, 0.15) is 37.7 Å². The Labute approximate surface area is 110 Å². The molecule has 92 valence electrons. The lowest BCUT2D eigenvalue weighted by molar-refractivity contribution is -0.0132. The molecule has 4 heteroatoms. The molecule has 16 heavy (non-hydrogen) atoms. The first-order chi connectivity index (χ1) is 7.49.